The Morgan fingerprint density at radius 2 is 2.00 bits per heavy atom. The van der Waals surface area contributed by atoms with Gasteiger partial charge in [0.25, 0.3) is 0 Å². The highest BCUT2D eigenvalue weighted by molar-refractivity contribution is 6.02. The lowest BCUT2D eigenvalue weighted by Crippen LogP contribution is -2.15. The zero-order valence-corrected chi connectivity index (χ0v) is 9.13. The van der Waals surface area contributed by atoms with Crippen molar-refractivity contribution in [3.8, 4) is 0 Å². The van der Waals surface area contributed by atoms with Crippen LogP contribution in [0.2, 0.25) is 0 Å². The number of benzene rings is 1. The van der Waals surface area contributed by atoms with E-state index in [1.165, 1.54) is 6.33 Å². The van der Waals surface area contributed by atoms with Gasteiger partial charge in [-0.15, -0.1) is 0 Å². The van der Waals surface area contributed by atoms with Gasteiger partial charge in [-0.3, -0.25) is 4.79 Å². The maximum absolute atomic E-state index is 12.3. The predicted octanol–water partition coefficient (Wildman–Crippen LogP) is 1.87. The Labute approximate surface area is 98.7 Å². The van der Waals surface area contributed by atoms with Gasteiger partial charge in [-0.1, -0.05) is 18.2 Å². The molecule has 0 aliphatic carbocycles. The molecule has 84 valence electrons. The fraction of sp³-hybridized carbons (Fsp3) is 0.154. The van der Waals surface area contributed by atoms with E-state index in [4.69, 9.17) is 0 Å². The predicted molar refractivity (Wildman–Crippen MR) is 64.0 cm³/mol. The summed E-state index contributed by atoms with van der Waals surface area (Å²) in [6.07, 6.45) is 4.56. The summed E-state index contributed by atoms with van der Waals surface area (Å²) in [5.41, 5.74) is 2.67. The van der Waals surface area contributed by atoms with E-state index < -0.39 is 0 Å². The molecule has 17 heavy (non-hydrogen) atoms. The smallest absolute Gasteiger partial charge is 0.175 e. The summed E-state index contributed by atoms with van der Waals surface area (Å²) < 4.78 is 0. The van der Waals surface area contributed by atoms with Crippen LogP contribution in [0.5, 0.6) is 0 Å². The molecule has 1 aliphatic heterocycles. The molecule has 1 aromatic heterocycles. The van der Waals surface area contributed by atoms with Crippen LogP contribution in [0.25, 0.3) is 0 Å². The fourth-order valence-corrected chi connectivity index (χ4v) is 2.15. The number of fused-ring (bicyclic) bond motifs is 1. The van der Waals surface area contributed by atoms with Crippen molar-refractivity contribution in [1.82, 2.24) is 9.97 Å². The molecular weight excluding hydrogens is 214 g/mol. The number of hydrogen-bond donors (Lipinski definition) is 1. The van der Waals surface area contributed by atoms with Gasteiger partial charge >= 0.3 is 0 Å². The van der Waals surface area contributed by atoms with Crippen LogP contribution in [0.3, 0.4) is 0 Å². The second-order valence-corrected chi connectivity index (χ2v) is 4.01. The molecule has 0 radical (unpaired) electrons. The summed E-state index contributed by atoms with van der Waals surface area (Å²) in [5.74, 6) is -0.0553. The largest absolute Gasteiger partial charge is 0.384 e. The van der Waals surface area contributed by atoms with Gasteiger partial charge in [0, 0.05) is 24.6 Å². The van der Waals surface area contributed by atoms with E-state index in [0.29, 0.717) is 12.1 Å². The van der Waals surface area contributed by atoms with Crippen molar-refractivity contribution >= 4 is 11.5 Å². The summed E-state index contributed by atoms with van der Waals surface area (Å²) >= 11 is 0. The second-order valence-electron chi connectivity index (χ2n) is 4.01. The third-order valence-electron chi connectivity index (χ3n) is 2.99. The number of carbonyl (C=O) groups excluding carboxylic acids is 1. The minimum Gasteiger partial charge on any atom is -0.384 e. The Bertz CT molecular complexity index is 554. The normalized spacial score (nSPS) is 17.3. The third-order valence-corrected chi connectivity index (χ3v) is 2.99. The molecule has 0 saturated heterocycles. The molecule has 1 unspecified atom stereocenters. The Kier molecular flexibility index (Phi) is 2.33. The van der Waals surface area contributed by atoms with Crippen LogP contribution in [0.15, 0.2) is 43.0 Å². The average Bonchev–Trinajstić information content (AvgIpc) is 2.83. The van der Waals surface area contributed by atoms with E-state index in [1.807, 2.05) is 24.3 Å². The summed E-state index contributed by atoms with van der Waals surface area (Å²) in [6, 6.07) is 7.89. The highest BCUT2D eigenvalue weighted by atomic mass is 16.1. The lowest BCUT2D eigenvalue weighted by Gasteiger charge is -2.08. The van der Waals surface area contributed by atoms with E-state index in [1.54, 1.807) is 12.4 Å². The van der Waals surface area contributed by atoms with Gasteiger partial charge in [-0.05, 0) is 11.6 Å². The Morgan fingerprint density at radius 3 is 2.82 bits per heavy atom. The van der Waals surface area contributed by atoms with Gasteiger partial charge in [0.05, 0.1) is 11.5 Å². The summed E-state index contributed by atoms with van der Waals surface area (Å²) in [6.45, 7) is 0.646. The number of aromatic nitrogens is 2. The average molecular weight is 225 g/mol. The number of nitrogens with one attached hydrogen (secondary N) is 1. The van der Waals surface area contributed by atoms with E-state index in [9.17, 15) is 4.79 Å². The van der Waals surface area contributed by atoms with Gasteiger partial charge in [0.2, 0.25) is 0 Å². The van der Waals surface area contributed by atoms with Crippen LogP contribution in [-0.2, 0) is 0 Å². The van der Waals surface area contributed by atoms with Crippen LogP contribution in [-0.4, -0.2) is 22.3 Å². The lowest BCUT2D eigenvalue weighted by atomic mass is 9.94. The van der Waals surface area contributed by atoms with Gasteiger partial charge < -0.3 is 5.32 Å². The molecule has 1 N–H and O–H groups in total. The number of hydrogen-bond acceptors (Lipinski definition) is 4. The molecule has 1 atom stereocenters. The van der Waals surface area contributed by atoms with Crippen molar-refractivity contribution in [3.63, 3.8) is 0 Å². The van der Waals surface area contributed by atoms with E-state index in [0.717, 1.165) is 11.3 Å². The van der Waals surface area contributed by atoms with Gasteiger partial charge in [-0.25, -0.2) is 9.97 Å². The number of rotatable bonds is 2. The monoisotopic (exact) mass is 225 g/mol. The van der Waals surface area contributed by atoms with Gasteiger partial charge in [0.1, 0.15) is 6.33 Å². The molecule has 1 aromatic carbocycles. The number of para-hydroxylation sites is 1. The molecule has 0 spiro atoms. The lowest BCUT2D eigenvalue weighted by molar-refractivity contribution is 0.0966. The first-order valence-electron chi connectivity index (χ1n) is 5.48. The molecule has 3 rings (SSSR count). The highest BCUT2D eigenvalue weighted by Gasteiger charge is 2.28. The Hall–Kier alpha value is -2.23. The first-order chi connectivity index (χ1) is 8.36. The molecule has 1 aliphatic rings. The maximum atomic E-state index is 12.3. The highest BCUT2D eigenvalue weighted by Crippen LogP contribution is 2.32. The summed E-state index contributed by atoms with van der Waals surface area (Å²) in [5, 5.41) is 3.24. The summed E-state index contributed by atoms with van der Waals surface area (Å²) in [7, 11) is 0. The van der Waals surface area contributed by atoms with Crippen LogP contribution in [0.4, 0.5) is 5.69 Å². The van der Waals surface area contributed by atoms with E-state index in [-0.39, 0.29) is 11.7 Å². The number of Topliss-reactive ketones (excluding diaryl/α,β-unsaturated/α-hetero) is 1. The number of ketones is 1. The number of anilines is 1. The van der Waals surface area contributed by atoms with Crippen molar-refractivity contribution in [1.29, 1.82) is 0 Å². The van der Waals surface area contributed by atoms with E-state index >= 15 is 0 Å². The topological polar surface area (TPSA) is 54.9 Å². The standard InChI is InChI=1S/C13H11N3O/c17-13(9-5-14-8-15-6-9)11-7-16-12-4-2-1-3-10(11)12/h1-6,8,11,16H,7H2. The number of nitrogens with zero attached hydrogens (tertiary/aromatic N) is 2. The maximum Gasteiger partial charge on any atom is 0.175 e. The van der Waals surface area contributed by atoms with Crippen LogP contribution in [0, 0.1) is 0 Å². The zero-order valence-electron chi connectivity index (χ0n) is 9.13. The quantitative estimate of drug-likeness (QED) is 0.793. The minimum absolute atomic E-state index is 0.0723. The van der Waals surface area contributed by atoms with Crippen molar-refractivity contribution in [2.45, 2.75) is 5.92 Å². The second kappa shape index (κ2) is 3.97. The first kappa shape index (κ1) is 9.96. The molecule has 0 bridgehead atoms. The van der Waals surface area contributed by atoms with Crippen LogP contribution < -0.4 is 5.32 Å². The van der Waals surface area contributed by atoms with Gasteiger partial charge in [0.15, 0.2) is 5.78 Å². The van der Waals surface area contributed by atoms with E-state index in [2.05, 4.69) is 15.3 Å². The van der Waals surface area contributed by atoms with Crippen molar-refractivity contribution < 1.29 is 4.79 Å². The Balaban J connectivity index is 1.95. The molecule has 0 fully saturated rings. The zero-order chi connectivity index (χ0) is 11.7. The van der Waals surface area contributed by atoms with Crippen molar-refractivity contribution in [2.24, 2.45) is 0 Å². The number of carbonyl (C=O) groups is 1. The van der Waals surface area contributed by atoms with Crippen LogP contribution in [0.1, 0.15) is 21.8 Å². The molecule has 0 amide bonds. The first-order valence-corrected chi connectivity index (χ1v) is 5.48. The van der Waals surface area contributed by atoms with Crippen molar-refractivity contribution in [2.75, 3.05) is 11.9 Å². The molecular formula is C13H11N3O. The molecule has 2 aromatic rings. The van der Waals surface area contributed by atoms with Crippen LogP contribution >= 0.6 is 0 Å². The van der Waals surface area contributed by atoms with Gasteiger partial charge in [-0.2, -0.15) is 0 Å². The fourth-order valence-electron chi connectivity index (χ4n) is 2.15. The molecule has 4 heteroatoms. The van der Waals surface area contributed by atoms with Crippen molar-refractivity contribution in [3.05, 3.63) is 54.1 Å². The molecule has 0 saturated carbocycles. The minimum atomic E-state index is -0.128. The molecule has 4 nitrogen and oxygen atoms in total. The SMILES string of the molecule is O=C(c1cncnc1)C1CNc2ccccc21. The third kappa shape index (κ3) is 1.67. The summed E-state index contributed by atoms with van der Waals surface area (Å²) in [4.78, 5) is 20.1. The Morgan fingerprint density at radius 1 is 1.24 bits per heavy atom. The molecule has 2 heterocycles.